The van der Waals surface area contributed by atoms with Gasteiger partial charge < -0.3 is 15.1 Å². The average molecular weight is 451 g/mol. The number of thioether (sulfide) groups is 1. The average Bonchev–Trinajstić information content (AvgIpc) is 2.75. The largest absolute Gasteiger partial charge is 0.507 e. The summed E-state index contributed by atoms with van der Waals surface area (Å²) in [5.41, 5.74) is 0.304. The topological polar surface area (TPSA) is 80.8 Å². The second kappa shape index (κ2) is 7.43. The molecule has 1 heterocycles. The molecule has 2 aromatic rings. The Morgan fingerprint density at radius 3 is 2.34 bits per heavy atom. The lowest BCUT2D eigenvalue weighted by Crippen LogP contribution is -2.35. The zero-order valence-electron chi connectivity index (χ0n) is 17.4. The highest BCUT2D eigenvalue weighted by molar-refractivity contribution is 8.01. The van der Waals surface area contributed by atoms with E-state index in [-0.39, 0.29) is 27.5 Å². The molecule has 0 saturated heterocycles. The van der Waals surface area contributed by atoms with E-state index in [1.165, 1.54) is 17.8 Å². The van der Waals surface area contributed by atoms with Crippen LogP contribution in [-0.2, 0) is 0 Å². The number of likely N-dealkylation sites (N-methyl/N-ethyl adjacent to an activating group) is 1. The highest BCUT2D eigenvalue weighted by Gasteiger charge is 2.45. The van der Waals surface area contributed by atoms with Crippen LogP contribution in [0.25, 0.3) is 0 Å². The van der Waals surface area contributed by atoms with Gasteiger partial charge in [-0.25, -0.2) is 4.39 Å². The van der Waals surface area contributed by atoms with Gasteiger partial charge in [0.05, 0.1) is 28.1 Å². The predicted octanol–water partition coefficient (Wildman–Crippen LogP) is 3.26. The molecule has 1 unspecified atom stereocenters. The highest BCUT2D eigenvalue weighted by Crippen LogP contribution is 2.48. The number of phenols is 2. The molecule has 0 spiro atoms. The van der Waals surface area contributed by atoms with Crippen molar-refractivity contribution in [1.82, 2.24) is 4.90 Å². The molecule has 0 amide bonds. The summed E-state index contributed by atoms with van der Waals surface area (Å²) in [5, 5.41) is 20.5. The quantitative estimate of drug-likeness (QED) is 0.470. The Morgan fingerprint density at radius 1 is 1.03 bits per heavy atom. The van der Waals surface area contributed by atoms with Crippen molar-refractivity contribution >= 4 is 34.7 Å². The number of fused-ring (bicyclic) bond motifs is 5. The molecule has 32 heavy (non-hydrogen) atoms. The molecule has 0 radical (unpaired) electrons. The Morgan fingerprint density at radius 2 is 1.69 bits per heavy atom. The third kappa shape index (κ3) is 2.94. The minimum Gasteiger partial charge on any atom is -0.507 e. The summed E-state index contributed by atoms with van der Waals surface area (Å²) in [6, 6.07) is 3.58. The van der Waals surface area contributed by atoms with Crippen LogP contribution >= 0.6 is 11.8 Å². The molecule has 0 fully saturated rings. The molecule has 5 rings (SSSR count). The Kier molecular flexibility index (Phi) is 4.79. The lowest BCUT2D eigenvalue weighted by molar-refractivity contribution is -0.444. The number of hydrogen-bond acceptors (Lipinski definition) is 6. The van der Waals surface area contributed by atoms with Gasteiger partial charge in [0.15, 0.2) is 12.3 Å². The van der Waals surface area contributed by atoms with E-state index in [2.05, 4.69) is 0 Å². The Bertz CT molecular complexity index is 1310. The molecule has 0 aromatic heterocycles. The Labute approximate surface area is 188 Å². The van der Waals surface area contributed by atoms with Gasteiger partial charge in [0.1, 0.15) is 28.1 Å². The molecule has 2 aliphatic carbocycles. The fraction of sp³-hybridized carbons (Fsp3) is 0.208. The van der Waals surface area contributed by atoms with Gasteiger partial charge in [-0.2, -0.15) is 4.58 Å². The van der Waals surface area contributed by atoms with Crippen molar-refractivity contribution in [3.8, 4) is 11.5 Å². The first-order chi connectivity index (χ1) is 15.3. The van der Waals surface area contributed by atoms with Crippen molar-refractivity contribution in [3.63, 3.8) is 0 Å². The number of phenolic OH excluding ortho intramolecular Hbond substituents is 2. The normalized spacial score (nSPS) is 18.6. The second-order valence-corrected chi connectivity index (χ2v) is 9.31. The summed E-state index contributed by atoms with van der Waals surface area (Å²) >= 11 is 1.41. The number of aromatic hydroxyl groups is 2. The predicted molar refractivity (Wildman–Crippen MR) is 119 cm³/mol. The summed E-state index contributed by atoms with van der Waals surface area (Å²) in [7, 11) is 3.87. The first-order valence-electron chi connectivity index (χ1n) is 10.1. The number of allylic oxidation sites excluding steroid dienone is 3. The van der Waals surface area contributed by atoms with Crippen LogP contribution in [0.1, 0.15) is 31.8 Å². The van der Waals surface area contributed by atoms with E-state index in [0.717, 1.165) is 17.8 Å². The Balaban J connectivity index is 1.83. The number of nitrogens with zero attached hydrogens (tertiary/aromatic N) is 2. The number of ketones is 2. The van der Waals surface area contributed by atoms with Gasteiger partial charge in [0.25, 0.3) is 0 Å². The summed E-state index contributed by atoms with van der Waals surface area (Å²) in [6.45, 7) is 1.18. The van der Waals surface area contributed by atoms with E-state index in [1.807, 2.05) is 47.9 Å². The smallest absolute Gasteiger partial charge is 0.231 e. The highest BCUT2D eigenvalue weighted by atomic mass is 32.2. The second-order valence-electron chi connectivity index (χ2n) is 8.13. The van der Waals surface area contributed by atoms with Gasteiger partial charge in [-0.05, 0) is 32.3 Å². The van der Waals surface area contributed by atoms with Crippen LogP contribution in [0.2, 0.25) is 0 Å². The van der Waals surface area contributed by atoms with Crippen LogP contribution in [0.3, 0.4) is 0 Å². The third-order valence-corrected chi connectivity index (χ3v) is 7.07. The molecule has 6 nitrogen and oxygen atoms in total. The molecule has 2 aromatic carbocycles. The lowest BCUT2D eigenvalue weighted by atomic mass is 9.81. The van der Waals surface area contributed by atoms with E-state index >= 15 is 4.39 Å². The fourth-order valence-electron chi connectivity index (χ4n) is 4.37. The molecule has 2 N–H and O–H groups in total. The van der Waals surface area contributed by atoms with Gasteiger partial charge in [-0.15, -0.1) is 11.8 Å². The van der Waals surface area contributed by atoms with E-state index in [4.69, 9.17) is 0 Å². The van der Waals surface area contributed by atoms with Gasteiger partial charge in [-0.3, -0.25) is 9.59 Å². The van der Waals surface area contributed by atoms with Crippen molar-refractivity contribution in [1.29, 1.82) is 0 Å². The standard InChI is InChI=1S/C24H19FN2O4S/c1-26(2)9-10-27-13-5-3-4-6-16(13)32-17-11-12(25)18-21(22(17)27)24(31)20-15(29)8-7-14(28)19(20)23(18)30/h3-8,11,16H,9-10H2,1-2H3,(H-,28,29,30,31)/p+1. The number of rotatable bonds is 3. The molecule has 8 heteroatoms. The third-order valence-electron chi connectivity index (χ3n) is 5.85. The minimum absolute atomic E-state index is 0.0498. The summed E-state index contributed by atoms with van der Waals surface area (Å²) < 4.78 is 17.2. The molecule has 0 saturated carbocycles. The van der Waals surface area contributed by atoms with Crippen molar-refractivity contribution in [2.45, 2.75) is 10.1 Å². The maximum atomic E-state index is 15.3. The first-order valence-corrected chi connectivity index (χ1v) is 11.0. The molecular weight excluding hydrogens is 431 g/mol. The molecule has 162 valence electrons. The molecule has 1 atom stereocenters. The number of carbonyl (C=O) groups excluding carboxylic acids is 2. The van der Waals surface area contributed by atoms with Crippen LogP contribution in [0.15, 0.2) is 47.4 Å². The SMILES string of the molecule is CN(C)CC[N+]1=C2C=CC=CC2Sc2cc(F)c3c(c21)C(=O)c1c(O)ccc(O)c1C3=O. The van der Waals surface area contributed by atoms with Crippen LogP contribution in [-0.4, -0.2) is 69.4 Å². The van der Waals surface area contributed by atoms with Gasteiger partial charge >= 0.3 is 0 Å². The van der Waals surface area contributed by atoms with Crippen LogP contribution < -0.4 is 0 Å². The maximum Gasteiger partial charge on any atom is 0.231 e. The van der Waals surface area contributed by atoms with Crippen molar-refractivity contribution < 1.29 is 28.8 Å². The molecule has 1 aliphatic heterocycles. The van der Waals surface area contributed by atoms with Crippen LogP contribution in [0, 0.1) is 5.82 Å². The first kappa shape index (κ1) is 20.7. The van der Waals surface area contributed by atoms with Gasteiger partial charge in [0.2, 0.25) is 17.3 Å². The zero-order valence-corrected chi connectivity index (χ0v) is 18.2. The van der Waals surface area contributed by atoms with Crippen molar-refractivity contribution in [3.05, 3.63) is 70.6 Å². The van der Waals surface area contributed by atoms with E-state index in [9.17, 15) is 19.8 Å². The number of benzene rings is 2. The van der Waals surface area contributed by atoms with Gasteiger partial charge in [-0.1, -0.05) is 18.2 Å². The lowest BCUT2D eigenvalue weighted by Gasteiger charge is -2.27. The maximum absolute atomic E-state index is 15.3. The number of carbonyl (C=O) groups is 2. The van der Waals surface area contributed by atoms with Crippen LogP contribution in [0.4, 0.5) is 10.1 Å². The van der Waals surface area contributed by atoms with E-state index < -0.39 is 28.9 Å². The Hall–Kier alpha value is -3.23. The minimum atomic E-state index is -0.815. The monoisotopic (exact) mass is 451 g/mol. The van der Waals surface area contributed by atoms with Gasteiger partial charge in [0, 0.05) is 6.08 Å². The number of halogens is 1. The van der Waals surface area contributed by atoms with Crippen molar-refractivity contribution in [2.24, 2.45) is 0 Å². The summed E-state index contributed by atoms with van der Waals surface area (Å²) in [5.74, 6) is -3.19. The molecule has 0 bridgehead atoms. The molecule has 3 aliphatic rings. The summed E-state index contributed by atoms with van der Waals surface area (Å²) in [4.78, 5) is 29.4. The van der Waals surface area contributed by atoms with Crippen LogP contribution in [0.5, 0.6) is 11.5 Å². The number of hydrogen-bond donors (Lipinski definition) is 2. The van der Waals surface area contributed by atoms with E-state index in [1.54, 1.807) is 0 Å². The molecular formula is C24H20FN2O4S+. The van der Waals surface area contributed by atoms with Crippen molar-refractivity contribution in [2.75, 3.05) is 27.2 Å². The van der Waals surface area contributed by atoms with E-state index in [0.29, 0.717) is 23.7 Å². The zero-order chi connectivity index (χ0) is 22.7. The summed E-state index contributed by atoms with van der Waals surface area (Å²) in [6.07, 6.45) is 7.80. The fourth-order valence-corrected chi connectivity index (χ4v) is 5.64.